The minimum Gasteiger partial charge on any atom is -0.398 e. The monoisotopic (exact) mass is 553 g/mol. The van der Waals surface area contributed by atoms with Crippen molar-refractivity contribution >= 4 is 57.2 Å². The Bertz CT molecular complexity index is 735. The normalized spacial score (nSPS) is 8.90. The quantitative estimate of drug-likeness (QED) is 0.187. The molecule has 0 spiro atoms. The number of hydrogen-bond donors (Lipinski definition) is 3. The number of nitriles is 1. The van der Waals surface area contributed by atoms with Crippen LogP contribution in [0.15, 0.2) is 36.4 Å². The third-order valence-corrected chi connectivity index (χ3v) is 3.83. The van der Waals surface area contributed by atoms with E-state index in [2.05, 4.69) is 34.0 Å². The van der Waals surface area contributed by atoms with Crippen LogP contribution in [0.2, 0.25) is 10.0 Å². The summed E-state index contributed by atoms with van der Waals surface area (Å²) in [7, 11) is 3.74. The molecule has 2 aromatic carbocycles. The van der Waals surface area contributed by atoms with Gasteiger partial charge in [0.15, 0.2) is 0 Å². The lowest BCUT2D eigenvalue weighted by molar-refractivity contribution is 0.368. The summed E-state index contributed by atoms with van der Waals surface area (Å²) in [5.41, 5.74) is 14.9. The zero-order valence-corrected chi connectivity index (χ0v) is 19.4. The van der Waals surface area contributed by atoms with Crippen LogP contribution in [0.5, 0.6) is 0 Å². The van der Waals surface area contributed by atoms with E-state index in [0.717, 1.165) is 28.4 Å². The molecule has 8 heteroatoms. The van der Waals surface area contributed by atoms with Crippen molar-refractivity contribution in [2.45, 2.75) is 27.9 Å². The number of benzene rings is 2. The van der Waals surface area contributed by atoms with Crippen molar-refractivity contribution in [2.75, 3.05) is 37.0 Å². The molecule has 164 valence electrons. The number of alkyl halides is 1. The van der Waals surface area contributed by atoms with Gasteiger partial charge in [-0.2, -0.15) is 5.26 Å². The fraction of sp³-hybridized carbons (Fsp3) is 0.381. The number of rotatable bonds is 5. The second-order valence-electron chi connectivity index (χ2n) is 5.55. The lowest BCUT2D eigenvalue weighted by Crippen LogP contribution is -2.18. The predicted octanol–water partition coefficient (Wildman–Crippen LogP) is 5.84. The van der Waals surface area contributed by atoms with E-state index >= 15 is 0 Å². The Hall–Kier alpha value is -1.24. The highest BCUT2D eigenvalue weighted by molar-refractivity contribution is 14.1. The summed E-state index contributed by atoms with van der Waals surface area (Å²) in [6, 6.07) is 12.9. The summed E-state index contributed by atoms with van der Waals surface area (Å²) >= 11 is 13.8. The summed E-state index contributed by atoms with van der Waals surface area (Å²) in [5, 5.41) is 12.9. The Labute approximate surface area is 200 Å². The molecule has 0 aliphatic heterocycles. The van der Waals surface area contributed by atoms with Gasteiger partial charge in [0.05, 0.1) is 12.6 Å². The number of nitrogens with two attached hydrogens (primary N) is 2. The van der Waals surface area contributed by atoms with Crippen LogP contribution >= 0.6 is 45.8 Å². The molecular formula is C21H34Cl2IN5. The van der Waals surface area contributed by atoms with E-state index < -0.39 is 0 Å². The first-order chi connectivity index (χ1) is 12.9. The Morgan fingerprint density at radius 1 is 1.00 bits per heavy atom. The highest BCUT2D eigenvalue weighted by Crippen LogP contribution is 2.19. The third-order valence-electron chi connectivity index (χ3n) is 3.36. The Balaban J connectivity index is -0.000000411. The Morgan fingerprint density at radius 3 is 1.90 bits per heavy atom. The van der Waals surface area contributed by atoms with Gasteiger partial charge in [-0.3, -0.25) is 4.90 Å². The van der Waals surface area contributed by atoms with Crippen LogP contribution in [0.4, 0.5) is 11.4 Å². The molecule has 2 rings (SSSR count). The first-order valence-electron chi connectivity index (χ1n) is 8.03. The van der Waals surface area contributed by atoms with E-state index in [9.17, 15) is 0 Å². The summed E-state index contributed by atoms with van der Waals surface area (Å²) < 4.78 is 0. The summed E-state index contributed by atoms with van der Waals surface area (Å²) in [4.78, 5) is 3.85. The van der Waals surface area contributed by atoms with Crippen molar-refractivity contribution in [2.24, 2.45) is 0 Å². The van der Waals surface area contributed by atoms with E-state index in [4.69, 9.17) is 39.9 Å². The van der Waals surface area contributed by atoms with E-state index in [1.54, 1.807) is 18.2 Å². The van der Waals surface area contributed by atoms with Gasteiger partial charge in [0.1, 0.15) is 0 Å². The van der Waals surface area contributed by atoms with Crippen LogP contribution in [0.25, 0.3) is 0 Å². The van der Waals surface area contributed by atoms with E-state index in [-0.39, 0.29) is 14.9 Å². The molecule has 0 amide bonds. The Morgan fingerprint density at radius 2 is 1.45 bits per heavy atom. The fourth-order valence-electron chi connectivity index (χ4n) is 2.10. The van der Waals surface area contributed by atoms with Crippen molar-refractivity contribution in [1.82, 2.24) is 10.2 Å². The highest BCUT2D eigenvalue weighted by atomic mass is 127. The second kappa shape index (κ2) is 18.8. The molecule has 2 aromatic rings. The first kappa shape index (κ1) is 32.4. The molecule has 5 nitrogen and oxygen atoms in total. The van der Waals surface area contributed by atoms with Gasteiger partial charge >= 0.3 is 0 Å². The van der Waals surface area contributed by atoms with Gasteiger partial charge in [0.25, 0.3) is 0 Å². The number of anilines is 2. The minimum atomic E-state index is 0. The lowest BCUT2D eigenvalue weighted by atomic mass is 10.2. The van der Waals surface area contributed by atoms with Crippen LogP contribution in [0.3, 0.4) is 0 Å². The summed E-state index contributed by atoms with van der Waals surface area (Å²) in [6.07, 6.45) is 0. The standard InChI is InChI=1S/C10H12ClN3.C8H11ClN2.CH3I.2CH4/c1-14(5-4-12)7-8-6-9(11)2-3-10(8)13;1-11-5-6-4-7(9)2-3-8(6)10;1-2;;/h2-3,6H,5,7,13H2,1H3;2-4,11H,5,10H2,1H3;1H3;2*1H4. The average Bonchev–Trinajstić information content (AvgIpc) is 2.64. The molecule has 0 aliphatic rings. The molecule has 0 atom stereocenters. The van der Waals surface area contributed by atoms with Gasteiger partial charge in [-0.15, -0.1) is 0 Å². The smallest absolute Gasteiger partial charge is 0.0866 e. The molecule has 0 aliphatic carbocycles. The molecule has 0 bridgehead atoms. The minimum absolute atomic E-state index is 0. The van der Waals surface area contributed by atoms with Crippen LogP contribution in [-0.4, -0.2) is 30.5 Å². The number of halogens is 3. The van der Waals surface area contributed by atoms with Gasteiger partial charge in [-0.05, 0) is 66.6 Å². The number of nitrogens with one attached hydrogen (secondary N) is 1. The van der Waals surface area contributed by atoms with Gasteiger partial charge in [0, 0.05) is 34.5 Å². The van der Waals surface area contributed by atoms with Crippen molar-refractivity contribution in [3.8, 4) is 6.07 Å². The molecule has 0 unspecified atom stereocenters. The highest BCUT2D eigenvalue weighted by Gasteiger charge is 2.03. The summed E-state index contributed by atoms with van der Waals surface area (Å²) in [6.45, 7) is 1.78. The molecule has 29 heavy (non-hydrogen) atoms. The van der Waals surface area contributed by atoms with Crippen LogP contribution in [0.1, 0.15) is 26.0 Å². The van der Waals surface area contributed by atoms with Gasteiger partial charge in [0.2, 0.25) is 0 Å². The molecular weight excluding hydrogens is 520 g/mol. The molecule has 5 N–H and O–H groups in total. The van der Waals surface area contributed by atoms with E-state index in [1.165, 1.54) is 0 Å². The molecule has 0 radical (unpaired) electrons. The molecule has 0 heterocycles. The van der Waals surface area contributed by atoms with Gasteiger partial charge in [-0.1, -0.05) is 60.6 Å². The topological polar surface area (TPSA) is 91.1 Å². The second-order valence-corrected chi connectivity index (χ2v) is 6.42. The van der Waals surface area contributed by atoms with Crippen LogP contribution < -0.4 is 16.8 Å². The number of nitrogen functional groups attached to an aromatic ring is 2. The maximum absolute atomic E-state index is 8.49. The van der Waals surface area contributed by atoms with Crippen LogP contribution in [-0.2, 0) is 13.1 Å². The molecule has 0 saturated heterocycles. The van der Waals surface area contributed by atoms with E-state index in [1.807, 2.05) is 42.1 Å². The van der Waals surface area contributed by atoms with Crippen molar-refractivity contribution < 1.29 is 0 Å². The lowest BCUT2D eigenvalue weighted by Gasteiger charge is -2.14. The van der Waals surface area contributed by atoms with Crippen molar-refractivity contribution in [3.05, 3.63) is 57.6 Å². The largest absolute Gasteiger partial charge is 0.398 e. The number of nitrogens with zero attached hydrogens (tertiary/aromatic N) is 2. The Kier molecular flexibility index (Phi) is 21.0. The maximum atomic E-state index is 8.49. The zero-order chi connectivity index (χ0) is 20.8. The number of hydrogen-bond acceptors (Lipinski definition) is 5. The first-order valence-corrected chi connectivity index (χ1v) is 10.9. The van der Waals surface area contributed by atoms with E-state index in [0.29, 0.717) is 23.8 Å². The maximum Gasteiger partial charge on any atom is 0.0866 e. The van der Waals surface area contributed by atoms with Gasteiger partial charge < -0.3 is 16.8 Å². The molecule has 0 saturated carbocycles. The van der Waals surface area contributed by atoms with Gasteiger partial charge in [-0.25, -0.2) is 0 Å². The van der Waals surface area contributed by atoms with Crippen molar-refractivity contribution in [3.63, 3.8) is 0 Å². The predicted molar refractivity (Wildman–Crippen MR) is 140 cm³/mol. The fourth-order valence-corrected chi connectivity index (χ4v) is 2.49. The average molecular weight is 554 g/mol. The molecule has 0 fully saturated rings. The zero-order valence-electron chi connectivity index (χ0n) is 15.8. The van der Waals surface area contributed by atoms with Crippen molar-refractivity contribution in [1.29, 1.82) is 5.26 Å². The third kappa shape index (κ3) is 13.6. The van der Waals surface area contributed by atoms with Crippen LogP contribution in [0, 0.1) is 11.3 Å². The SMILES string of the molecule is C.C.CI.CN(CC#N)Cc1cc(Cl)ccc1N.CNCc1cc(Cl)ccc1N. The summed E-state index contributed by atoms with van der Waals surface area (Å²) in [5.74, 6) is 0. The molecule has 0 aromatic heterocycles.